The average Bonchev–Trinajstić information content (AvgIpc) is 3.07. The summed E-state index contributed by atoms with van der Waals surface area (Å²) in [4.78, 5) is 26.6. The molecule has 1 atom stereocenters. The number of nitrogens with one attached hydrogen (secondary N) is 1. The number of carbonyl (C=O) groups excluding carboxylic acids is 2. The van der Waals surface area contributed by atoms with Crippen LogP contribution >= 0.6 is 0 Å². The highest BCUT2D eigenvalue weighted by molar-refractivity contribution is 5.97. The molecule has 1 unspecified atom stereocenters. The molecule has 1 saturated heterocycles. The van der Waals surface area contributed by atoms with Crippen molar-refractivity contribution in [3.63, 3.8) is 0 Å². The molecule has 28 heavy (non-hydrogen) atoms. The molecule has 6 heteroatoms. The third-order valence-electron chi connectivity index (χ3n) is 4.99. The maximum Gasteiger partial charge on any atom is 0.229 e. The largest absolute Gasteiger partial charge is 0.493 e. The number of methoxy groups -OCH3 is 2. The molecule has 0 spiro atoms. The Hall–Kier alpha value is -3.02. The van der Waals surface area contributed by atoms with E-state index in [2.05, 4.69) is 5.32 Å². The zero-order chi connectivity index (χ0) is 20.1. The Bertz CT molecular complexity index is 865. The maximum absolute atomic E-state index is 12.5. The van der Waals surface area contributed by atoms with Gasteiger partial charge in [-0.3, -0.25) is 9.59 Å². The Balaban J connectivity index is 1.56. The van der Waals surface area contributed by atoms with Crippen molar-refractivity contribution in [2.75, 3.05) is 32.6 Å². The first-order chi connectivity index (χ1) is 13.5. The second-order valence-corrected chi connectivity index (χ2v) is 7.04. The lowest BCUT2D eigenvalue weighted by Gasteiger charge is -2.17. The van der Waals surface area contributed by atoms with Crippen molar-refractivity contribution in [1.29, 1.82) is 0 Å². The normalized spacial score (nSPS) is 16.2. The lowest BCUT2D eigenvalue weighted by Crippen LogP contribution is -2.30. The fraction of sp³-hybridized carbons (Fsp3) is 0.364. The van der Waals surface area contributed by atoms with Crippen molar-refractivity contribution in [2.24, 2.45) is 5.92 Å². The molecular formula is C22H26N2O4. The van der Waals surface area contributed by atoms with Crippen molar-refractivity contribution >= 4 is 17.5 Å². The van der Waals surface area contributed by atoms with Gasteiger partial charge >= 0.3 is 0 Å². The summed E-state index contributed by atoms with van der Waals surface area (Å²) in [6, 6.07) is 13.4. The second-order valence-electron chi connectivity index (χ2n) is 7.04. The number of aryl methyl sites for hydroxylation is 1. The standard InChI is InChI=1S/C22H26N2O4/c1-15-5-4-6-18(11-15)23-22(26)17-13-21(25)24(14-17)10-9-16-7-8-19(27-2)20(12-16)28-3/h4-8,11-12,17H,9-10,13-14H2,1-3H3,(H,23,26). The van der Waals surface area contributed by atoms with E-state index in [-0.39, 0.29) is 24.2 Å². The van der Waals surface area contributed by atoms with Crippen molar-refractivity contribution in [3.05, 3.63) is 53.6 Å². The number of ether oxygens (including phenoxy) is 2. The Morgan fingerprint density at radius 3 is 2.64 bits per heavy atom. The van der Waals surface area contributed by atoms with E-state index in [4.69, 9.17) is 9.47 Å². The van der Waals surface area contributed by atoms with Crippen molar-refractivity contribution in [1.82, 2.24) is 4.90 Å². The molecule has 0 bridgehead atoms. The van der Waals surface area contributed by atoms with Gasteiger partial charge in [-0.1, -0.05) is 18.2 Å². The Morgan fingerprint density at radius 2 is 1.93 bits per heavy atom. The van der Waals surface area contributed by atoms with Crippen molar-refractivity contribution < 1.29 is 19.1 Å². The predicted octanol–water partition coefficient (Wildman–Crippen LogP) is 3.04. The van der Waals surface area contributed by atoms with E-state index in [0.717, 1.165) is 16.8 Å². The maximum atomic E-state index is 12.5. The summed E-state index contributed by atoms with van der Waals surface area (Å²) in [7, 11) is 3.20. The van der Waals surface area contributed by atoms with Gasteiger partial charge < -0.3 is 19.7 Å². The van der Waals surface area contributed by atoms with Crippen LogP contribution in [0.4, 0.5) is 5.69 Å². The molecule has 0 aliphatic carbocycles. The molecule has 2 aromatic carbocycles. The van der Waals surface area contributed by atoms with Crippen LogP contribution in [0.1, 0.15) is 17.5 Å². The SMILES string of the molecule is COc1ccc(CCN2CC(C(=O)Nc3cccc(C)c3)CC2=O)cc1OC. The molecule has 0 aromatic heterocycles. The number of anilines is 1. The van der Waals surface area contributed by atoms with Crippen LogP contribution in [0.3, 0.4) is 0 Å². The van der Waals surface area contributed by atoms with Crippen LogP contribution in [0.2, 0.25) is 0 Å². The smallest absolute Gasteiger partial charge is 0.229 e. The van der Waals surface area contributed by atoms with Crippen LogP contribution in [0.25, 0.3) is 0 Å². The van der Waals surface area contributed by atoms with Crippen molar-refractivity contribution in [3.8, 4) is 11.5 Å². The van der Waals surface area contributed by atoms with Crippen LogP contribution in [0, 0.1) is 12.8 Å². The third-order valence-corrected chi connectivity index (χ3v) is 4.99. The first-order valence-electron chi connectivity index (χ1n) is 9.36. The van der Waals surface area contributed by atoms with E-state index in [1.165, 1.54) is 0 Å². The molecule has 0 radical (unpaired) electrons. The molecule has 1 heterocycles. The number of hydrogen-bond acceptors (Lipinski definition) is 4. The number of rotatable bonds is 7. The minimum atomic E-state index is -0.321. The number of benzene rings is 2. The molecule has 148 valence electrons. The van der Waals surface area contributed by atoms with Crippen LogP contribution in [0.5, 0.6) is 11.5 Å². The van der Waals surface area contributed by atoms with Gasteiger partial charge in [0.05, 0.1) is 20.1 Å². The van der Waals surface area contributed by atoms with Gasteiger partial charge in [0, 0.05) is 25.2 Å². The first-order valence-corrected chi connectivity index (χ1v) is 9.36. The summed E-state index contributed by atoms with van der Waals surface area (Å²) in [5.74, 6) is 0.940. The summed E-state index contributed by atoms with van der Waals surface area (Å²) in [5.41, 5.74) is 2.90. The predicted molar refractivity (Wildman–Crippen MR) is 108 cm³/mol. The van der Waals surface area contributed by atoms with Crippen LogP contribution in [-0.2, 0) is 16.0 Å². The van der Waals surface area contributed by atoms with Gasteiger partial charge in [0.2, 0.25) is 11.8 Å². The van der Waals surface area contributed by atoms with Crippen LogP contribution in [0.15, 0.2) is 42.5 Å². The molecular weight excluding hydrogens is 356 g/mol. The fourth-order valence-corrected chi connectivity index (χ4v) is 3.43. The molecule has 3 rings (SSSR count). The zero-order valence-corrected chi connectivity index (χ0v) is 16.5. The summed E-state index contributed by atoms with van der Waals surface area (Å²) in [5, 5.41) is 2.92. The lowest BCUT2D eigenvalue weighted by atomic mass is 10.1. The van der Waals surface area contributed by atoms with E-state index in [1.807, 2.05) is 49.4 Å². The topological polar surface area (TPSA) is 67.9 Å². The molecule has 1 aliphatic heterocycles. The molecule has 2 amide bonds. The number of carbonyl (C=O) groups is 2. The Labute approximate surface area is 165 Å². The third kappa shape index (κ3) is 4.63. The number of likely N-dealkylation sites (tertiary alicyclic amines) is 1. The monoisotopic (exact) mass is 382 g/mol. The van der Waals surface area contributed by atoms with Gasteiger partial charge in [-0.2, -0.15) is 0 Å². The average molecular weight is 382 g/mol. The van der Waals surface area contributed by atoms with Gasteiger partial charge in [0.15, 0.2) is 11.5 Å². The Kier molecular flexibility index (Phi) is 6.19. The summed E-state index contributed by atoms with van der Waals surface area (Å²) in [6.45, 7) is 3.00. The number of hydrogen-bond donors (Lipinski definition) is 1. The second kappa shape index (κ2) is 8.78. The summed E-state index contributed by atoms with van der Waals surface area (Å²) in [6.07, 6.45) is 0.946. The fourth-order valence-electron chi connectivity index (χ4n) is 3.43. The van der Waals surface area contributed by atoms with Gasteiger partial charge in [-0.05, 0) is 48.7 Å². The number of nitrogens with zero attached hydrogens (tertiary/aromatic N) is 1. The van der Waals surface area contributed by atoms with E-state index >= 15 is 0 Å². The number of amides is 2. The van der Waals surface area contributed by atoms with E-state index in [9.17, 15) is 9.59 Å². The van der Waals surface area contributed by atoms with Gasteiger partial charge in [-0.15, -0.1) is 0 Å². The molecule has 6 nitrogen and oxygen atoms in total. The summed E-state index contributed by atoms with van der Waals surface area (Å²) >= 11 is 0. The zero-order valence-electron chi connectivity index (χ0n) is 16.5. The van der Waals surface area contributed by atoms with Crippen LogP contribution in [-0.4, -0.2) is 44.0 Å². The lowest BCUT2D eigenvalue weighted by molar-refractivity contribution is -0.128. The van der Waals surface area contributed by atoms with E-state index in [1.54, 1.807) is 19.1 Å². The highest BCUT2D eigenvalue weighted by Crippen LogP contribution is 2.28. The van der Waals surface area contributed by atoms with Crippen LogP contribution < -0.4 is 14.8 Å². The summed E-state index contributed by atoms with van der Waals surface area (Å²) < 4.78 is 10.6. The molecule has 1 N–H and O–H groups in total. The van der Waals surface area contributed by atoms with E-state index < -0.39 is 0 Å². The molecule has 0 saturated carbocycles. The highest BCUT2D eigenvalue weighted by atomic mass is 16.5. The molecule has 2 aromatic rings. The van der Waals surface area contributed by atoms with Gasteiger partial charge in [0.25, 0.3) is 0 Å². The van der Waals surface area contributed by atoms with Crippen molar-refractivity contribution in [2.45, 2.75) is 19.8 Å². The Morgan fingerprint density at radius 1 is 1.14 bits per heavy atom. The first kappa shape index (κ1) is 19.7. The quantitative estimate of drug-likeness (QED) is 0.799. The highest BCUT2D eigenvalue weighted by Gasteiger charge is 2.34. The van der Waals surface area contributed by atoms with E-state index in [0.29, 0.717) is 31.0 Å². The van der Waals surface area contributed by atoms with Gasteiger partial charge in [-0.25, -0.2) is 0 Å². The van der Waals surface area contributed by atoms with Gasteiger partial charge in [0.1, 0.15) is 0 Å². The molecule has 1 aliphatic rings. The minimum Gasteiger partial charge on any atom is -0.493 e. The molecule has 1 fully saturated rings. The minimum absolute atomic E-state index is 0.0184.